The summed E-state index contributed by atoms with van der Waals surface area (Å²) in [7, 11) is 0. The molecule has 0 amide bonds. The Morgan fingerprint density at radius 1 is 1.17 bits per heavy atom. The zero-order valence-corrected chi connectivity index (χ0v) is 15.7. The largest absolute Gasteiger partial charge is 0.519 e. The predicted octanol–water partition coefficient (Wildman–Crippen LogP) is 1.29. The number of rotatable bonds is 2. The first-order valence-electron chi connectivity index (χ1n) is 8.80. The molecule has 1 aliphatic heterocycles. The van der Waals surface area contributed by atoms with Crippen molar-refractivity contribution in [2.45, 2.75) is 33.1 Å². The maximum absolute atomic E-state index is 12.0. The number of hydrogen-bond donors (Lipinski definition) is 3. The summed E-state index contributed by atoms with van der Waals surface area (Å²) in [5.74, 6) is 0. The monoisotopic (exact) mass is 415 g/mol. The number of H-pyrrole nitrogens is 2. The standard InChI is InChI=1S/C13H13N7O2.C2H6.CHF3O/c21-12-8(6-14-13(22)17-12)9-5-10(19-3-1-2-4-19)11-15-7-16-20(11)18-9;1-2;2-1(3,4)5/h5-7H,1-4H2,(H2,14,17,21,22);1-2H3;5H. The van der Waals surface area contributed by atoms with Gasteiger partial charge in [0.2, 0.25) is 0 Å². The topological polar surface area (TPSA) is 132 Å². The second-order valence-corrected chi connectivity index (χ2v) is 5.64. The summed E-state index contributed by atoms with van der Waals surface area (Å²) in [5, 5.41) is 14.9. The molecule has 0 saturated carbocycles. The van der Waals surface area contributed by atoms with Crippen molar-refractivity contribution < 1.29 is 18.3 Å². The lowest BCUT2D eigenvalue weighted by Gasteiger charge is -2.18. The van der Waals surface area contributed by atoms with Gasteiger partial charge in [0.1, 0.15) is 12.0 Å². The zero-order valence-electron chi connectivity index (χ0n) is 15.7. The maximum Gasteiger partial charge on any atom is 0.519 e. The minimum atomic E-state index is -5.00. The second-order valence-electron chi connectivity index (χ2n) is 5.64. The average Bonchev–Trinajstić information content (AvgIpc) is 3.33. The third kappa shape index (κ3) is 5.88. The lowest BCUT2D eigenvalue weighted by atomic mass is 10.2. The highest BCUT2D eigenvalue weighted by molar-refractivity contribution is 5.73. The van der Waals surface area contributed by atoms with Gasteiger partial charge in [0.25, 0.3) is 5.56 Å². The van der Waals surface area contributed by atoms with E-state index >= 15 is 0 Å². The molecule has 158 valence electrons. The Hall–Kier alpha value is -3.22. The fourth-order valence-electron chi connectivity index (χ4n) is 2.72. The van der Waals surface area contributed by atoms with Crippen LogP contribution in [0.5, 0.6) is 0 Å². The van der Waals surface area contributed by atoms with E-state index in [0.717, 1.165) is 31.6 Å². The quantitative estimate of drug-likeness (QED) is 0.575. The average molecular weight is 415 g/mol. The summed E-state index contributed by atoms with van der Waals surface area (Å²) in [6, 6.07) is 1.82. The Balaban J connectivity index is 0.000000378. The number of nitrogens with one attached hydrogen (secondary N) is 2. The van der Waals surface area contributed by atoms with Gasteiger partial charge in [-0.1, -0.05) is 13.8 Å². The van der Waals surface area contributed by atoms with Gasteiger partial charge in [-0.3, -0.25) is 9.78 Å². The van der Waals surface area contributed by atoms with Crippen LogP contribution in [-0.2, 0) is 0 Å². The molecule has 0 radical (unpaired) electrons. The first-order valence-corrected chi connectivity index (χ1v) is 8.80. The predicted molar refractivity (Wildman–Crippen MR) is 98.5 cm³/mol. The minimum absolute atomic E-state index is 0.289. The molecule has 1 saturated heterocycles. The molecular weight excluding hydrogens is 395 g/mol. The van der Waals surface area contributed by atoms with Crippen molar-refractivity contribution in [3.63, 3.8) is 0 Å². The van der Waals surface area contributed by atoms with Gasteiger partial charge in [0.15, 0.2) is 5.65 Å². The van der Waals surface area contributed by atoms with Crippen molar-refractivity contribution in [2.75, 3.05) is 18.0 Å². The first kappa shape index (κ1) is 22.1. The molecule has 0 unspecified atom stereocenters. The van der Waals surface area contributed by atoms with Crippen molar-refractivity contribution in [3.8, 4) is 11.3 Å². The summed E-state index contributed by atoms with van der Waals surface area (Å²) < 4.78 is 31.1. The first-order chi connectivity index (χ1) is 13.7. The van der Waals surface area contributed by atoms with Gasteiger partial charge < -0.3 is 15.0 Å². The Morgan fingerprint density at radius 2 is 1.79 bits per heavy atom. The number of aromatic amines is 2. The highest BCUT2D eigenvalue weighted by atomic mass is 19.4. The van der Waals surface area contributed by atoms with Crippen molar-refractivity contribution >= 4 is 11.3 Å². The van der Waals surface area contributed by atoms with Crippen LogP contribution in [0.1, 0.15) is 26.7 Å². The molecule has 3 N–H and O–H groups in total. The number of anilines is 1. The lowest BCUT2D eigenvalue weighted by molar-refractivity contribution is -0.295. The number of fused-ring (bicyclic) bond motifs is 1. The van der Waals surface area contributed by atoms with Crippen LogP contribution >= 0.6 is 0 Å². The second kappa shape index (κ2) is 9.32. The number of nitrogens with zero attached hydrogens (tertiary/aromatic N) is 5. The fraction of sp³-hybridized carbons (Fsp3) is 0.438. The van der Waals surface area contributed by atoms with Gasteiger partial charge in [-0.25, -0.2) is 9.78 Å². The van der Waals surface area contributed by atoms with E-state index in [-0.39, 0.29) is 5.56 Å². The molecule has 13 heteroatoms. The van der Waals surface area contributed by atoms with Crippen LogP contribution in [0.15, 0.2) is 28.2 Å². The zero-order chi connectivity index (χ0) is 21.6. The van der Waals surface area contributed by atoms with E-state index in [9.17, 15) is 22.8 Å². The lowest BCUT2D eigenvalue weighted by Crippen LogP contribution is -2.24. The van der Waals surface area contributed by atoms with Crippen LogP contribution in [0.25, 0.3) is 16.9 Å². The van der Waals surface area contributed by atoms with Crippen molar-refractivity contribution in [1.29, 1.82) is 0 Å². The molecule has 0 atom stereocenters. The smallest absolute Gasteiger partial charge is 0.368 e. The molecular formula is C16H20F3N7O3. The SMILES string of the molecule is CC.O=c1[nH]cc(-c2cc(N3CCCC3)c3ncnn3n2)c(=O)[nH]1.OC(F)(F)F. The molecule has 4 heterocycles. The van der Waals surface area contributed by atoms with E-state index < -0.39 is 17.6 Å². The van der Waals surface area contributed by atoms with Gasteiger partial charge >= 0.3 is 12.1 Å². The molecule has 0 aliphatic carbocycles. The van der Waals surface area contributed by atoms with E-state index in [1.54, 1.807) is 0 Å². The van der Waals surface area contributed by atoms with E-state index in [2.05, 4.69) is 30.0 Å². The van der Waals surface area contributed by atoms with Crippen LogP contribution in [0.4, 0.5) is 18.9 Å². The van der Waals surface area contributed by atoms with Gasteiger partial charge in [-0.15, -0.1) is 28.0 Å². The minimum Gasteiger partial charge on any atom is -0.368 e. The van der Waals surface area contributed by atoms with Crippen LogP contribution in [0, 0.1) is 0 Å². The van der Waals surface area contributed by atoms with E-state index in [1.807, 2.05) is 19.9 Å². The summed E-state index contributed by atoms with van der Waals surface area (Å²) in [6.45, 7) is 5.88. The third-order valence-corrected chi connectivity index (χ3v) is 3.78. The van der Waals surface area contributed by atoms with Crippen LogP contribution < -0.4 is 16.1 Å². The number of halogens is 3. The molecule has 3 aromatic rings. The number of alkyl halides is 3. The van der Waals surface area contributed by atoms with E-state index in [1.165, 1.54) is 17.2 Å². The van der Waals surface area contributed by atoms with Crippen molar-refractivity contribution in [3.05, 3.63) is 39.4 Å². The molecule has 29 heavy (non-hydrogen) atoms. The van der Waals surface area contributed by atoms with Gasteiger partial charge in [0, 0.05) is 19.3 Å². The third-order valence-electron chi connectivity index (χ3n) is 3.78. The molecule has 0 aromatic carbocycles. The molecule has 4 rings (SSSR count). The molecule has 1 fully saturated rings. The highest BCUT2D eigenvalue weighted by Crippen LogP contribution is 2.26. The Morgan fingerprint density at radius 3 is 2.38 bits per heavy atom. The van der Waals surface area contributed by atoms with E-state index in [0.29, 0.717) is 11.3 Å². The normalized spacial score (nSPS) is 13.5. The molecule has 0 bridgehead atoms. The Bertz CT molecular complexity index is 1050. The molecule has 0 spiro atoms. The van der Waals surface area contributed by atoms with Gasteiger partial charge in [-0.2, -0.15) is 0 Å². The van der Waals surface area contributed by atoms with Crippen molar-refractivity contribution in [2.24, 2.45) is 0 Å². The van der Waals surface area contributed by atoms with Crippen LogP contribution in [0.2, 0.25) is 0 Å². The number of aliphatic hydroxyl groups is 1. The maximum atomic E-state index is 12.0. The molecule has 1 aliphatic rings. The fourth-order valence-corrected chi connectivity index (χ4v) is 2.72. The van der Waals surface area contributed by atoms with E-state index in [4.69, 9.17) is 5.11 Å². The summed E-state index contributed by atoms with van der Waals surface area (Å²) >= 11 is 0. The van der Waals surface area contributed by atoms with Crippen LogP contribution in [-0.4, -0.2) is 54.3 Å². The number of aromatic nitrogens is 6. The van der Waals surface area contributed by atoms with Gasteiger partial charge in [0.05, 0.1) is 11.3 Å². The van der Waals surface area contributed by atoms with Crippen molar-refractivity contribution in [1.82, 2.24) is 29.8 Å². The highest BCUT2D eigenvalue weighted by Gasteiger charge is 2.21. The van der Waals surface area contributed by atoms with Crippen LogP contribution in [0.3, 0.4) is 0 Å². The Kier molecular flexibility index (Phi) is 7.09. The molecule has 3 aromatic heterocycles. The summed E-state index contributed by atoms with van der Waals surface area (Å²) in [4.78, 5) is 34.2. The molecule has 10 nitrogen and oxygen atoms in total. The number of hydrogen-bond acceptors (Lipinski definition) is 7. The Labute approximate surface area is 162 Å². The van der Waals surface area contributed by atoms with Gasteiger partial charge in [-0.05, 0) is 18.9 Å². The summed E-state index contributed by atoms with van der Waals surface area (Å²) in [5.41, 5.74) is 1.25. The summed E-state index contributed by atoms with van der Waals surface area (Å²) in [6.07, 6.45) is 0.0389.